The summed E-state index contributed by atoms with van der Waals surface area (Å²) in [6.45, 7) is 6.36. The monoisotopic (exact) mass is 1040 g/mol. The Balaban J connectivity index is 4.53. The molecular weight excluding hydrogens is 925 g/mol. The van der Waals surface area contributed by atoms with Crippen LogP contribution in [0.25, 0.3) is 0 Å². The minimum Gasteiger partial charge on any atom is -0.462 e. The van der Waals surface area contributed by atoms with E-state index in [1.54, 1.807) is 0 Å². The maximum Gasteiger partial charge on any atom is 0.306 e. The normalized spacial score (nSPS) is 12.7. The highest BCUT2D eigenvalue weighted by atomic mass is 16.6. The van der Waals surface area contributed by atoms with Gasteiger partial charge in [-0.3, -0.25) is 14.4 Å². The fraction of sp³-hybridized carbons (Fsp3) is 0.638. The number of carbonyl (C=O) groups is 3. The lowest BCUT2D eigenvalue weighted by atomic mass is 10.1. The Morgan fingerprint density at radius 3 is 0.840 bits per heavy atom. The molecule has 0 aliphatic heterocycles. The molecule has 75 heavy (non-hydrogen) atoms. The number of unbranched alkanes of at least 4 members (excludes halogenated alkanes) is 21. The molecule has 0 amide bonds. The van der Waals surface area contributed by atoms with E-state index in [1.165, 1.54) is 89.9 Å². The molecule has 0 fully saturated rings. The van der Waals surface area contributed by atoms with Gasteiger partial charge in [-0.1, -0.05) is 244 Å². The lowest BCUT2D eigenvalue weighted by Crippen LogP contribution is -2.30. The molecule has 0 bridgehead atoms. The quantitative estimate of drug-likeness (QED) is 0.0261. The summed E-state index contributed by atoms with van der Waals surface area (Å²) in [6.07, 6.45) is 87.3. The Hall–Kier alpha value is -4.45. The molecule has 0 heterocycles. The third kappa shape index (κ3) is 60.3. The Labute approximate surface area is 462 Å². The first-order valence-corrected chi connectivity index (χ1v) is 30.7. The van der Waals surface area contributed by atoms with Crippen molar-refractivity contribution in [2.45, 2.75) is 271 Å². The second kappa shape index (κ2) is 62.1. The van der Waals surface area contributed by atoms with Crippen LogP contribution >= 0.6 is 0 Å². The van der Waals surface area contributed by atoms with Crippen molar-refractivity contribution in [2.75, 3.05) is 13.2 Å². The van der Waals surface area contributed by atoms with Crippen molar-refractivity contribution >= 4 is 17.9 Å². The van der Waals surface area contributed by atoms with Crippen LogP contribution in [0.3, 0.4) is 0 Å². The van der Waals surface area contributed by atoms with Gasteiger partial charge in [0.1, 0.15) is 13.2 Å². The summed E-state index contributed by atoms with van der Waals surface area (Å²) in [6, 6.07) is 0. The van der Waals surface area contributed by atoms with Crippen LogP contribution in [0.1, 0.15) is 265 Å². The first-order chi connectivity index (χ1) is 37.0. The van der Waals surface area contributed by atoms with Gasteiger partial charge in [-0.05, 0) is 135 Å². The van der Waals surface area contributed by atoms with Crippen LogP contribution in [-0.4, -0.2) is 37.2 Å². The fourth-order valence-corrected chi connectivity index (χ4v) is 8.08. The van der Waals surface area contributed by atoms with Gasteiger partial charge in [-0.15, -0.1) is 0 Å². The van der Waals surface area contributed by atoms with E-state index in [-0.39, 0.29) is 31.1 Å². The fourth-order valence-electron chi connectivity index (χ4n) is 8.08. The molecule has 0 saturated carbocycles. The van der Waals surface area contributed by atoms with E-state index in [0.29, 0.717) is 19.3 Å². The highest BCUT2D eigenvalue weighted by Gasteiger charge is 2.19. The molecule has 0 radical (unpaired) electrons. The van der Waals surface area contributed by atoms with Gasteiger partial charge in [0.05, 0.1) is 0 Å². The van der Waals surface area contributed by atoms with Crippen molar-refractivity contribution in [1.29, 1.82) is 0 Å². The summed E-state index contributed by atoms with van der Waals surface area (Å²) in [4.78, 5) is 38.3. The molecule has 0 atom stereocenters. The molecule has 0 N–H and O–H groups in total. The lowest BCUT2D eigenvalue weighted by Gasteiger charge is -2.18. The largest absolute Gasteiger partial charge is 0.462 e. The standard InChI is InChI=1S/C69H112O6/c1-4-7-10-13-16-19-22-25-28-31-34-37-40-43-46-49-52-55-58-61-67(70)73-64-66(75-69(72)63-60-57-54-51-48-45-42-39-36-33-30-27-24-21-18-15-12-9-6-3)65-74-68(71)62-59-56-53-50-47-44-41-38-35-32-29-26-23-20-17-14-11-8-5-2/h7-8,10-11,16-17,19-20,25-30,34-35,37-38,43-44,46-47,66H,4-6,9,12-15,18,21-24,31-33,36,39-42,45,48-65H2,1-3H3/b10-7-,11-8-,19-16-,20-17-,28-25-,29-26-,30-27-,37-34-,38-35-,46-43-,47-44-. The molecule has 0 aliphatic carbocycles. The van der Waals surface area contributed by atoms with Crippen LogP contribution in [0.4, 0.5) is 0 Å². The smallest absolute Gasteiger partial charge is 0.306 e. The summed E-state index contributed by atoms with van der Waals surface area (Å²) in [5, 5.41) is 0. The zero-order chi connectivity index (χ0) is 54.3. The number of hydrogen-bond donors (Lipinski definition) is 0. The second-order valence-electron chi connectivity index (χ2n) is 19.8. The number of ether oxygens (including phenoxy) is 3. The van der Waals surface area contributed by atoms with Gasteiger partial charge in [0, 0.05) is 19.3 Å². The van der Waals surface area contributed by atoms with Gasteiger partial charge in [0.15, 0.2) is 6.10 Å². The number of rotatable bonds is 54. The van der Waals surface area contributed by atoms with E-state index in [2.05, 4.69) is 154 Å². The van der Waals surface area contributed by atoms with Crippen molar-refractivity contribution in [1.82, 2.24) is 0 Å². The summed E-state index contributed by atoms with van der Waals surface area (Å²) >= 11 is 0. The minimum absolute atomic E-state index is 0.110. The predicted molar refractivity (Wildman–Crippen MR) is 325 cm³/mol. The van der Waals surface area contributed by atoms with Crippen LogP contribution in [0.15, 0.2) is 134 Å². The number of hydrogen-bond acceptors (Lipinski definition) is 6. The summed E-state index contributed by atoms with van der Waals surface area (Å²) in [5.74, 6) is -0.973. The summed E-state index contributed by atoms with van der Waals surface area (Å²) < 4.78 is 16.9. The number of carbonyl (C=O) groups excluding carboxylic acids is 3. The number of allylic oxidation sites excluding steroid dienone is 22. The zero-order valence-corrected chi connectivity index (χ0v) is 48.5. The average Bonchev–Trinajstić information content (AvgIpc) is 3.41. The Bertz CT molecular complexity index is 1530. The molecule has 6 nitrogen and oxygen atoms in total. The highest BCUT2D eigenvalue weighted by Crippen LogP contribution is 2.14. The Morgan fingerprint density at radius 1 is 0.280 bits per heavy atom. The Kier molecular flexibility index (Phi) is 58.4. The topological polar surface area (TPSA) is 78.9 Å². The average molecular weight is 1040 g/mol. The highest BCUT2D eigenvalue weighted by molar-refractivity contribution is 5.71. The predicted octanol–water partition coefficient (Wildman–Crippen LogP) is 21.0. The second-order valence-corrected chi connectivity index (χ2v) is 19.8. The molecule has 0 aliphatic rings. The van der Waals surface area contributed by atoms with Crippen LogP contribution < -0.4 is 0 Å². The van der Waals surface area contributed by atoms with Crippen molar-refractivity contribution in [3.63, 3.8) is 0 Å². The molecule has 0 aromatic carbocycles. The maximum absolute atomic E-state index is 12.9. The van der Waals surface area contributed by atoms with Crippen molar-refractivity contribution in [3.05, 3.63) is 134 Å². The van der Waals surface area contributed by atoms with Gasteiger partial charge in [0.25, 0.3) is 0 Å². The lowest BCUT2D eigenvalue weighted by molar-refractivity contribution is -0.167. The van der Waals surface area contributed by atoms with Crippen molar-refractivity contribution in [3.8, 4) is 0 Å². The minimum atomic E-state index is -0.813. The van der Waals surface area contributed by atoms with Gasteiger partial charge in [-0.2, -0.15) is 0 Å². The molecular formula is C69H112O6. The van der Waals surface area contributed by atoms with Gasteiger partial charge < -0.3 is 14.2 Å². The SMILES string of the molecule is CC/C=C\C/C=C\C/C=C\C/C=C\C/C=C\CCCCCC(=O)OCC(COC(=O)CCCCC/C=C\C/C=C\C/C=C\C/C=C\C/C=C\CC)OC(=O)CCCCCCCCCCC/C=C\CCCCCCCC. The van der Waals surface area contributed by atoms with Gasteiger partial charge >= 0.3 is 17.9 Å². The first kappa shape index (κ1) is 70.5. The zero-order valence-electron chi connectivity index (χ0n) is 48.5. The van der Waals surface area contributed by atoms with Gasteiger partial charge in [-0.25, -0.2) is 0 Å². The van der Waals surface area contributed by atoms with Crippen molar-refractivity contribution < 1.29 is 28.6 Å². The third-order valence-electron chi connectivity index (χ3n) is 12.6. The molecule has 0 aromatic rings. The van der Waals surface area contributed by atoms with Crippen LogP contribution in [0.5, 0.6) is 0 Å². The van der Waals surface area contributed by atoms with E-state index in [0.717, 1.165) is 135 Å². The molecule has 0 spiro atoms. The first-order valence-electron chi connectivity index (χ1n) is 30.7. The molecule has 0 saturated heterocycles. The van der Waals surface area contributed by atoms with Gasteiger partial charge in [0.2, 0.25) is 0 Å². The van der Waals surface area contributed by atoms with E-state index >= 15 is 0 Å². The molecule has 0 unspecified atom stereocenters. The van der Waals surface area contributed by atoms with E-state index in [9.17, 15) is 14.4 Å². The molecule has 6 heteroatoms. The van der Waals surface area contributed by atoms with Crippen molar-refractivity contribution in [2.24, 2.45) is 0 Å². The summed E-state index contributed by atoms with van der Waals surface area (Å²) in [7, 11) is 0. The third-order valence-corrected chi connectivity index (χ3v) is 12.6. The molecule has 0 rings (SSSR count). The Morgan fingerprint density at radius 2 is 0.520 bits per heavy atom. The van der Waals surface area contributed by atoms with E-state index < -0.39 is 6.10 Å². The van der Waals surface area contributed by atoms with E-state index in [1.807, 2.05) is 0 Å². The summed E-state index contributed by atoms with van der Waals surface area (Å²) in [5.41, 5.74) is 0. The maximum atomic E-state index is 12.9. The van der Waals surface area contributed by atoms with Crippen LogP contribution in [0, 0.1) is 0 Å². The molecule has 0 aromatic heterocycles. The van der Waals surface area contributed by atoms with E-state index in [4.69, 9.17) is 14.2 Å². The number of esters is 3. The van der Waals surface area contributed by atoms with Crippen LogP contribution in [0.2, 0.25) is 0 Å². The van der Waals surface area contributed by atoms with Crippen LogP contribution in [-0.2, 0) is 28.6 Å². The molecule has 424 valence electrons.